The number of nitrogens with zero attached hydrogens (tertiary/aromatic N) is 1. The Balaban J connectivity index is 1.91. The Hall–Kier alpha value is -2.39. The molecule has 1 aromatic heterocycles. The van der Waals surface area contributed by atoms with E-state index in [-0.39, 0.29) is 5.82 Å². The average Bonchev–Trinajstić information content (AvgIpc) is 2.54. The van der Waals surface area contributed by atoms with Gasteiger partial charge in [-0.05, 0) is 29.8 Å². The van der Waals surface area contributed by atoms with Crippen LogP contribution in [0.25, 0.3) is 11.3 Å². The molecule has 0 atom stereocenters. The van der Waals surface area contributed by atoms with Crippen LogP contribution in [0.2, 0.25) is 5.15 Å². The van der Waals surface area contributed by atoms with Crippen molar-refractivity contribution in [1.29, 1.82) is 0 Å². The molecule has 0 aliphatic rings. The predicted molar refractivity (Wildman–Crippen MR) is 85.4 cm³/mol. The topological polar surface area (TPSA) is 22.1 Å². The maximum Gasteiger partial charge on any atom is 0.146 e. The van der Waals surface area contributed by atoms with E-state index in [1.807, 2.05) is 30.3 Å². The zero-order chi connectivity index (χ0) is 15.4. The molecule has 0 unspecified atom stereocenters. The Bertz CT molecular complexity index is 777. The molecule has 2 aromatic carbocycles. The molecule has 2 nitrogen and oxygen atoms in total. The number of aromatic nitrogens is 1. The smallest absolute Gasteiger partial charge is 0.146 e. The minimum atomic E-state index is -0.326. The van der Waals surface area contributed by atoms with E-state index in [0.717, 1.165) is 5.56 Å². The van der Waals surface area contributed by atoms with Crippen molar-refractivity contribution in [3.8, 4) is 17.0 Å². The highest BCUT2D eigenvalue weighted by molar-refractivity contribution is 6.29. The molecule has 0 aliphatic heterocycles. The summed E-state index contributed by atoms with van der Waals surface area (Å²) in [6.45, 7) is 0.409. The molecule has 0 spiro atoms. The molecule has 0 bridgehead atoms. The van der Waals surface area contributed by atoms with E-state index in [4.69, 9.17) is 16.3 Å². The van der Waals surface area contributed by atoms with Crippen LogP contribution in [-0.4, -0.2) is 4.98 Å². The van der Waals surface area contributed by atoms with Crippen molar-refractivity contribution in [3.05, 3.63) is 83.3 Å². The lowest BCUT2D eigenvalue weighted by Crippen LogP contribution is -1.98. The van der Waals surface area contributed by atoms with Gasteiger partial charge < -0.3 is 4.74 Å². The average molecular weight is 314 g/mol. The summed E-state index contributed by atoms with van der Waals surface area (Å²) >= 11 is 5.96. The maximum atomic E-state index is 13.4. The first-order chi connectivity index (χ1) is 10.7. The van der Waals surface area contributed by atoms with Crippen LogP contribution in [0.5, 0.6) is 5.75 Å². The van der Waals surface area contributed by atoms with Crippen LogP contribution in [0.3, 0.4) is 0 Å². The van der Waals surface area contributed by atoms with Crippen molar-refractivity contribution in [3.63, 3.8) is 0 Å². The lowest BCUT2D eigenvalue weighted by molar-refractivity contribution is 0.306. The number of rotatable bonds is 4. The Morgan fingerprint density at radius 2 is 1.77 bits per heavy atom. The minimum absolute atomic E-state index is 0.326. The van der Waals surface area contributed by atoms with Crippen LogP contribution in [0.4, 0.5) is 4.39 Å². The third kappa shape index (κ3) is 3.43. The van der Waals surface area contributed by atoms with Crippen molar-refractivity contribution < 1.29 is 9.13 Å². The second-order valence-electron chi connectivity index (χ2n) is 4.77. The van der Waals surface area contributed by atoms with E-state index in [0.29, 0.717) is 28.8 Å². The van der Waals surface area contributed by atoms with E-state index < -0.39 is 0 Å². The van der Waals surface area contributed by atoms with Crippen LogP contribution in [0, 0.1) is 5.82 Å². The summed E-state index contributed by atoms with van der Waals surface area (Å²) in [4.78, 5) is 4.27. The summed E-state index contributed by atoms with van der Waals surface area (Å²) in [5.74, 6) is 0.243. The van der Waals surface area contributed by atoms with Crippen LogP contribution < -0.4 is 4.74 Å². The molecule has 0 radical (unpaired) electrons. The second-order valence-corrected chi connectivity index (χ2v) is 5.15. The molecule has 1 heterocycles. The highest BCUT2D eigenvalue weighted by atomic mass is 35.5. The van der Waals surface area contributed by atoms with Crippen molar-refractivity contribution >= 4 is 11.6 Å². The maximum absolute atomic E-state index is 13.4. The van der Waals surface area contributed by atoms with Gasteiger partial charge in [-0.3, -0.25) is 0 Å². The van der Waals surface area contributed by atoms with Crippen LogP contribution in [0.1, 0.15) is 5.56 Å². The monoisotopic (exact) mass is 313 g/mol. The first-order valence-electron chi connectivity index (χ1n) is 6.81. The van der Waals surface area contributed by atoms with Gasteiger partial charge in [0.15, 0.2) is 0 Å². The molecule has 0 fully saturated rings. The van der Waals surface area contributed by atoms with Gasteiger partial charge in [0.05, 0.1) is 0 Å². The van der Waals surface area contributed by atoms with Crippen molar-refractivity contribution in [2.45, 2.75) is 6.61 Å². The van der Waals surface area contributed by atoms with Gasteiger partial charge in [0, 0.05) is 5.56 Å². The van der Waals surface area contributed by atoms with Crippen molar-refractivity contribution in [2.75, 3.05) is 0 Å². The number of hydrogen-bond donors (Lipinski definition) is 0. The van der Waals surface area contributed by atoms with E-state index in [1.54, 1.807) is 24.3 Å². The van der Waals surface area contributed by atoms with Gasteiger partial charge in [-0.25, -0.2) is 9.37 Å². The molecule has 0 amide bonds. The molecule has 3 aromatic rings. The Labute approximate surface area is 133 Å². The van der Waals surface area contributed by atoms with Gasteiger partial charge in [0.1, 0.15) is 29.0 Å². The Kier molecular flexibility index (Phi) is 4.35. The van der Waals surface area contributed by atoms with Crippen LogP contribution in [-0.2, 0) is 6.61 Å². The van der Waals surface area contributed by atoms with Crippen molar-refractivity contribution in [2.24, 2.45) is 0 Å². The lowest BCUT2D eigenvalue weighted by atomic mass is 10.1. The van der Waals surface area contributed by atoms with E-state index in [9.17, 15) is 4.39 Å². The summed E-state index contributed by atoms with van der Waals surface area (Å²) in [7, 11) is 0. The fourth-order valence-electron chi connectivity index (χ4n) is 2.12. The molecular formula is C18H13ClFNO. The third-order valence-corrected chi connectivity index (χ3v) is 3.37. The second kappa shape index (κ2) is 6.58. The van der Waals surface area contributed by atoms with E-state index >= 15 is 0 Å². The molecular weight excluding hydrogens is 301 g/mol. The van der Waals surface area contributed by atoms with E-state index in [1.165, 1.54) is 12.1 Å². The van der Waals surface area contributed by atoms with Gasteiger partial charge in [-0.15, -0.1) is 0 Å². The predicted octanol–water partition coefficient (Wildman–Crippen LogP) is 5.12. The molecule has 0 N–H and O–H groups in total. The number of halogens is 2. The summed E-state index contributed by atoms with van der Waals surface area (Å²) in [6.07, 6.45) is 0. The first kappa shape index (κ1) is 14.5. The third-order valence-electron chi connectivity index (χ3n) is 3.16. The van der Waals surface area contributed by atoms with Crippen LogP contribution >= 0.6 is 11.6 Å². The molecule has 0 aliphatic carbocycles. The summed E-state index contributed by atoms with van der Waals surface area (Å²) in [5, 5.41) is 0.339. The Morgan fingerprint density at radius 1 is 0.955 bits per heavy atom. The zero-order valence-electron chi connectivity index (χ0n) is 11.7. The van der Waals surface area contributed by atoms with Gasteiger partial charge in [0.2, 0.25) is 0 Å². The molecule has 110 valence electrons. The highest BCUT2D eigenvalue weighted by Gasteiger charge is 2.10. The summed E-state index contributed by atoms with van der Waals surface area (Å²) in [6, 6.07) is 19.4. The molecule has 3 rings (SSSR count). The van der Waals surface area contributed by atoms with Gasteiger partial charge >= 0.3 is 0 Å². The highest BCUT2D eigenvalue weighted by Crippen LogP contribution is 2.30. The van der Waals surface area contributed by atoms with Gasteiger partial charge in [-0.2, -0.15) is 0 Å². The summed E-state index contributed by atoms with van der Waals surface area (Å²) < 4.78 is 19.3. The standard InChI is InChI=1S/C18H13ClFNO/c19-17-10-9-16(22-12-13-5-2-1-3-6-13)18(21-17)14-7-4-8-15(20)11-14/h1-11H,12H2. The minimum Gasteiger partial charge on any atom is -0.487 e. The molecule has 4 heteroatoms. The number of benzene rings is 2. The largest absolute Gasteiger partial charge is 0.487 e. The molecule has 0 saturated heterocycles. The van der Waals surface area contributed by atoms with E-state index in [2.05, 4.69) is 4.98 Å². The quantitative estimate of drug-likeness (QED) is 0.624. The van der Waals surface area contributed by atoms with Gasteiger partial charge in [0.25, 0.3) is 0 Å². The van der Waals surface area contributed by atoms with Crippen LogP contribution in [0.15, 0.2) is 66.7 Å². The fraction of sp³-hybridized carbons (Fsp3) is 0.0556. The number of hydrogen-bond acceptors (Lipinski definition) is 2. The molecule has 0 saturated carbocycles. The fourth-order valence-corrected chi connectivity index (χ4v) is 2.26. The van der Waals surface area contributed by atoms with Gasteiger partial charge in [-0.1, -0.05) is 54.1 Å². The number of pyridine rings is 1. The summed E-state index contributed by atoms with van der Waals surface area (Å²) in [5.41, 5.74) is 2.20. The lowest BCUT2D eigenvalue weighted by Gasteiger charge is -2.11. The zero-order valence-corrected chi connectivity index (χ0v) is 12.4. The normalized spacial score (nSPS) is 10.5. The Morgan fingerprint density at radius 3 is 2.55 bits per heavy atom. The molecule has 22 heavy (non-hydrogen) atoms. The first-order valence-corrected chi connectivity index (χ1v) is 7.19. The number of ether oxygens (including phenoxy) is 1. The van der Waals surface area contributed by atoms with Crippen molar-refractivity contribution in [1.82, 2.24) is 4.98 Å². The SMILES string of the molecule is Fc1cccc(-c2nc(Cl)ccc2OCc2ccccc2)c1.